The minimum absolute atomic E-state index is 0.0171. The molecule has 3 unspecified atom stereocenters. The van der Waals surface area contributed by atoms with Gasteiger partial charge in [0, 0.05) is 6.04 Å². The molecule has 66 valence electrons. The Kier molecular flexibility index (Phi) is 3.26. The van der Waals surface area contributed by atoms with Gasteiger partial charge in [-0.2, -0.15) is 0 Å². The van der Waals surface area contributed by atoms with Crippen LogP contribution in [0.3, 0.4) is 0 Å². The molecule has 4 nitrogen and oxygen atoms in total. The van der Waals surface area contributed by atoms with Gasteiger partial charge < -0.3 is 21.3 Å². The maximum Gasteiger partial charge on any atom is 0.183 e. The molecule has 1 rings (SSSR count). The van der Waals surface area contributed by atoms with Crippen LogP contribution < -0.4 is 11.5 Å². The minimum Gasteiger partial charge on any atom is -0.366 e. The molecule has 0 aromatic rings. The van der Waals surface area contributed by atoms with E-state index < -0.39 is 6.29 Å². The first-order valence-electron chi connectivity index (χ1n) is 4.05. The summed E-state index contributed by atoms with van der Waals surface area (Å²) < 4.78 is 4.81. The van der Waals surface area contributed by atoms with Crippen LogP contribution in [-0.2, 0) is 4.74 Å². The third-order valence-corrected chi connectivity index (χ3v) is 1.91. The van der Waals surface area contributed by atoms with Gasteiger partial charge in [0.25, 0.3) is 0 Å². The van der Waals surface area contributed by atoms with Gasteiger partial charge in [0.05, 0.1) is 0 Å². The molecule has 0 aromatic carbocycles. The van der Waals surface area contributed by atoms with E-state index >= 15 is 0 Å². The lowest BCUT2D eigenvalue weighted by Gasteiger charge is -2.05. The molecule has 1 saturated heterocycles. The average molecular weight is 160 g/mol. The van der Waals surface area contributed by atoms with Gasteiger partial charge in [-0.25, -0.2) is 0 Å². The van der Waals surface area contributed by atoms with E-state index in [0.29, 0.717) is 6.54 Å². The van der Waals surface area contributed by atoms with Crippen molar-refractivity contribution in [1.29, 1.82) is 0 Å². The Morgan fingerprint density at radius 1 is 1.45 bits per heavy atom. The van der Waals surface area contributed by atoms with Crippen molar-refractivity contribution in [2.45, 2.75) is 37.7 Å². The van der Waals surface area contributed by atoms with Crippen molar-refractivity contribution in [2.24, 2.45) is 11.5 Å². The summed E-state index contributed by atoms with van der Waals surface area (Å²) in [5.74, 6) is 0. The van der Waals surface area contributed by atoms with Crippen molar-refractivity contribution in [3.63, 3.8) is 0 Å². The van der Waals surface area contributed by atoms with E-state index in [2.05, 4.69) is 0 Å². The summed E-state index contributed by atoms with van der Waals surface area (Å²) in [6, 6.07) is -0.0171. The number of unbranched alkanes of at least 4 members (excludes halogenated alkanes) is 1. The normalized spacial score (nSPS) is 31.9. The monoisotopic (exact) mass is 160 g/mol. The molecule has 0 spiro atoms. The van der Waals surface area contributed by atoms with Gasteiger partial charge in [0.15, 0.2) is 6.29 Å². The second kappa shape index (κ2) is 4.01. The Bertz CT molecular complexity index is 121. The SMILES string of the molecule is NCCCCC(N)C1OC1O. The number of aliphatic hydroxyl groups excluding tert-OH is 1. The summed E-state index contributed by atoms with van der Waals surface area (Å²) in [6.45, 7) is 0.709. The lowest BCUT2D eigenvalue weighted by Crippen LogP contribution is -2.28. The number of nitrogens with two attached hydrogens (primary N) is 2. The zero-order chi connectivity index (χ0) is 8.27. The third kappa shape index (κ3) is 2.75. The second-order valence-electron chi connectivity index (χ2n) is 2.94. The van der Waals surface area contributed by atoms with Gasteiger partial charge in [0.1, 0.15) is 6.10 Å². The van der Waals surface area contributed by atoms with Crippen molar-refractivity contribution in [3.8, 4) is 0 Å². The quantitative estimate of drug-likeness (QED) is 0.361. The molecule has 0 radical (unpaired) electrons. The van der Waals surface area contributed by atoms with E-state index in [4.69, 9.17) is 21.3 Å². The average Bonchev–Trinajstić information content (AvgIpc) is 2.67. The lowest BCUT2D eigenvalue weighted by molar-refractivity contribution is 0.155. The molecule has 0 aliphatic carbocycles. The fraction of sp³-hybridized carbons (Fsp3) is 1.00. The summed E-state index contributed by atoms with van der Waals surface area (Å²) in [7, 11) is 0. The molecule has 5 N–H and O–H groups in total. The highest BCUT2D eigenvalue weighted by Crippen LogP contribution is 2.23. The number of rotatable bonds is 5. The molecule has 4 heteroatoms. The van der Waals surface area contributed by atoms with Crippen molar-refractivity contribution in [3.05, 3.63) is 0 Å². The fourth-order valence-electron chi connectivity index (χ4n) is 1.12. The lowest BCUT2D eigenvalue weighted by atomic mass is 10.1. The zero-order valence-electron chi connectivity index (χ0n) is 6.57. The summed E-state index contributed by atoms with van der Waals surface area (Å²) >= 11 is 0. The summed E-state index contributed by atoms with van der Waals surface area (Å²) in [5.41, 5.74) is 11.0. The number of aliphatic hydroxyl groups is 1. The van der Waals surface area contributed by atoms with E-state index in [-0.39, 0.29) is 12.1 Å². The van der Waals surface area contributed by atoms with Crippen LogP contribution in [0.4, 0.5) is 0 Å². The molecule has 1 aliphatic rings. The van der Waals surface area contributed by atoms with Crippen molar-refractivity contribution in [1.82, 2.24) is 0 Å². The molecule has 3 atom stereocenters. The standard InChI is InChI=1S/C7H16N2O2/c8-4-2-1-3-5(9)6-7(10)11-6/h5-7,10H,1-4,8-9H2. The van der Waals surface area contributed by atoms with Crippen LogP contribution in [0.1, 0.15) is 19.3 Å². The van der Waals surface area contributed by atoms with Gasteiger partial charge >= 0.3 is 0 Å². The largest absolute Gasteiger partial charge is 0.366 e. The molecule has 0 amide bonds. The fourth-order valence-corrected chi connectivity index (χ4v) is 1.12. The first-order chi connectivity index (χ1) is 5.25. The molecule has 0 bridgehead atoms. The Morgan fingerprint density at radius 2 is 2.09 bits per heavy atom. The molecule has 1 fully saturated rings. The highest BCUT2D eigenvalue weighted by molar-refractivity contribution is 4.85. The van der Waals surface area contributed by atoms with E-state index in [1.165, 1.54) is 0 Å². The van der Waals surface area contributed by atoms with Crippen LogP contribution in [0.2, 0.25) is 0 Å². The molecular formula is C7H16N2O2. The molecule has 0 saturated carbocycles. The summed E-state index contributed by atoms with van der Waals surface area (Å²) in [6.07, 6.45) is 2.18. The maximum atomic E-state index is 8.83. The Balaban J connectivity index is 1.98. The van der Waals surface area contributed by atoms with Crippen LogP contribution >= 0.6 is 0 Å². The van der Waals surface area contributed by atoms with Crippen molar-refractivity contribution in [2.75, 3.05) is 6.54 Å². The van der Waals surface area contributed by atoms with Gasteiger partial charge in [-0.05, 0) is 19.4 Å². The number of ether oxygens (including phenoxy) is 1. The van der Waals surface area contributed by atoms with Crippen LogP contribution in [0, 0.1) is 0 Å². The van der Waals surface area contributed by atoms with E-state index in [1.54, 1.807) is 0 Å². The van der Waals surface area contributed by atoms with Gasteiger partial charge in [0.2, 0.25) is 0 Å². The van der Waals surface area contributed by atoms with Gasteiger partial charge in [-0.1, -0.05) is 6.42 Å². The number of hydrogen-bond acceptors (Lipinski definition) is 4. The topological polar surface area (TPSA) is 84.8 Å². The Hall–Kier alpha value is -0.160. The molecule has 1 aliphatic heterocycles. The Labute approximate surface area is 66.5 Å². The molecular weight excluding hydrogens is 144 g/mol. The van der Waals surface area contributed by atoms with Crippen LogP contribution in [0.15, 0.2) is 0 Å². The van der Waals surface area contributed by atoms with Crippen LogP contribution in [0.25, 0.3) is 0 Å². The van der Waals surface area contributed by atoms with E-state index in [0.717, 1.165) is 19.3 Å². The second-order valence-corrected chi connectivity index (χ2v) is 2.94. The van der Waals surface area contributed by atoms with E-state index in [1.807, 2.05) is 0 Å². The van der Waals surface area contributed by atoms with Gasteiger partial charge in [-0.3, -0.25) is 0 Å². The Morgan fingerprint density at radius 3 is 2.55 bits per heavy atom. The first-order valence-corrected chi connectivity index (χ1v) is 4.05. The molecule has 0 aromatic heterocycles. The third-order valence-electron chi connectivity index (χ3n) is 1.91. The minimum atomic E-state index is -0.608. The maximum absolute atomic E-state index is 8.83. The van der Waals surface area contributed by atoms with Gasteiger partial charge in [-0.15, -0.1) is 0 Å². The van der Waals surface area contributed by atoms with Crippen LogP contribution in [-0.4, -0.2) is 30.1 Å². The van der Waals surface area contributed by atoms with Crippen molar-refractivity contribution >= 4 is 0 Å². The predicted octanol–water partition coefficient (Wildman–Crippen LogP) is -0.840. The van der Waals surface area contributed by atoms with Crippen molar-refractivity contribution < 1.29 is 9.84 Å². The highest BCUT2D eigenvalue weighted by atomic mass is 16.7. The zero-order valence-corrected chi connectivity index (χ0v) is 6.57. The first kappa shape index (κ1) is 8.93. The highest BCUT2D eigenvalue weighted by Gasteiger charge is 2.41. The van der Waals surface area contributed by atoms with Crippen LogP contribution in [0.5, 0.6) is 0 Å². The summed E-state index contributed by atoms with van der Waals surface area (Å²) in [4.78, 5) is 0. The predicted molar refractivity (Wildman–Crippen MR) is 41.8 cm³/mol. The summed E-state index contributed by atoms with van der Waals surface area (Å²) in [5, 5.41) is 8.83. The molecule has 11 heavy (non-hydrogen) atoms. The number of hydrogen-bond donors (Lipinski definition) is 3. The smallest absolute Gasteiger partial charge is 0.183 e. The number of epoxide rings is 1. The molecule has 1 heterocycles. The van der Waals surface area contributed by atoms with E-state index in [9.17, 15) is 0 Å².